The Morgan fingerprint density at radius 2 is 1.54 bits per heavy atom. The number of ether oxygens (including phenoxy) is 2. The Morgan fingerprint density at radius 1 is 0.943 bits per heavy atom. The molecule has 0 atom stereocenters. The van der Waals surface area contributed by atoms with Crippen LogP contribution in [0.25, 0.3) is 0 Å². The Hall–Kier alpha value is -2.30. The molecule has 0 unspecified atom stereocenters. The Bertz CT molecular complexity index is 799. The van der Waals surface area contributed by atoms with Crippen molar-refractivity contribution in [2.75, 3.05) is 59.0 Å². The normalized spacial score (nSPS) is 18.3. The van der Waals surface area contributed by atoms with Gasteiger partial charge in [-0.25, -0.2) is 4.79 Å². The lowest BCUT2D eigenvalue weighted by molar-refractivity contribution is 0.0180. The lowest BCUT2D eigenvalue weighted by Crippen LogP contribution is -2.46. The minimum Gasteiger partial charge on any atom is -0.494 e. The van der Waals surface area contributed by atoms with Crippen LogP contribution in [0.2, 0.25) is 0 Å². The number of hydrogen-bond donors (Lipinski definition) is 0. The van der Waals surface area contributed by atoms with E-state index in [0.717, 1.165) is 76.7 Å². The topological polar surface area (TPSA) is 69.0 Å². The number of rotatable bonds is 10. The molecular weight excluding hydrogens is 440 g/mol. The predicted octanol–water partition coefficient (Wildman–Crippen LogP) is 4.76. The molecule has 0 bridgehead atoms. The van der Waals surface area contributed by atoms with Crippen molar-refractivity contribution in [1.82, 2.24) is 14.7 Å². The van der Waals surface area contributed by atoms with E-state index in [1.807, 2.05) is 37.8 Å². The second kappa shape index (κ2) is 13.7. The number of benzene rings is 1. The molecule has 7 nitrogen and oxygen atoms in total. The van der Waals surface area contributed by atoms with Crippen LogP contribution in [-0.4, -0.2) is 85.4 Å². The summed E-state index contributed by atoms with van der Waals surface area (Å²) in [5.74, 6) is 1.58. The molecule has 0 aromatic heterocycles. The van der Waals surface area contributed by atoms with E-state index in [9.17, 15) is 4.79 Å². The van der Waals surface area contributed by atoms with Gasteiger partial charge in [-0.3, -0.25) is 0 Å². The van der Waals surface area contributed by atoms with Gasteiger partial charge in [-0.05, 0) is 83.2 Å². The Morgan fingerprint density at radius 3 is 2.11 bits per heavy atom. The molecule has 7 heteroatoms. The van der Waals surface area contributed by atoms with Crippen molar-refractivity contribution in [1.29, 1.82) is 5.26 Å². The number of unbranched alkanes of at least 4 members (excludes halogenated alkanes) is 1. The van der Waals surface area contributed by atoms with Crippen molar-refractivity contribution < 1.29 is 14.3 Å². The molecule has 0 radical (unpaired) electrons. The molecule has 2 aliphatic heterocycles. The Balaban J connectivity index is 1.18. The molecule has 1 amide bonds. The number of piperidine rings is 1. The smallest absolute Gasteiger partial charge is 0.410 e. The molecule has 2 saturated heterocycles. The van der Waals surface area contributed by atoms with Crippen LogP contribution in [0.5, 0.6) is 5.75 Å². The monoisotopic (exact) mass is 484 g/mol. The van der Waals surface area contributed by atoms with Gasteiger partial charge in [0.15, 0.2) is 0 Å². The number of nitrogens with zero attached hydrogens (tertiary/aromatic N) is 4. The van der Waals surface area contributed by atoms with Gasteiger partial charge >= 0.3 is 6.09 Å². The van der Waals surface area contributed by atoms with Crippen LogP contribution < -0.4 is 4.74 Å². The fourth-order valence-electron chi connectivity index (χ4n) is 4.84. The summed E-state index contributed by atoms with van der Waals surface area (Å²) in [5, 5.41) is 8.86. The molecule has 3 rings (SSSR count). The molecule has 0 spiro atoms. The highest BCUT2D eigenvalue weighted by Gasteiger charge is 2.26. The Kier molecular flexibility index (Phi) is 10.7. The van der Waals surface area contributed by atoms with Crippen LogP contribution in [0.1, 0.15) is 64.9 Å². The van der Waals surface area contributed by atoms with E-state index in [-0.39, 0.29) is 6.09 Å². The van der Waals surface area contributed by atoms with Gasteiger partial charge in [-0.1, -0.05) is 12.8 Å². The number of amides is 1. The maximum absolute atomic E-state index is 12.2. The molecule has 0 N–H and O–H groups in total. The van der Waals surface area contributed by atoms with Crippen LogP contribution in [0.4, 0.5) is 4.79 Å². The maximum atomic E-state index is 12.2. The molecule has 1 aromatic carbocycles. The standard InChI is InChI=1S/C28H44N4O3/c1-28(2,3)35-27(33)32-16-12-24(13-17-32)7-4-5-14-30-18-20-31(21-19-30)15-6-22-34-26-10-8-25(23-29)9-11-26/h8-11,24H,4-7,12-22H2,1-3H3. The number of nitriles is 1. The lowest BCUT2D eigenvalue weighted by atomic mass is 9.91. The quantitative estimate of drug-likeness (QED) is 0.446. The summed E-state index contributed by atoms with van der Waals surface area (Å²) < 4.78 is 11.3. The maximum Gasteiger partial charge on any atom is 0.410 e. The minimum atomic E-state index is -0.416. The number of carbonyl (C=O) groups excluding carboxylic acids is 1. The lowest BCUT2D eigenvalue weighted by Gasteiger charge is -2.35. The average Bonchev–Trinajstić information content (AvgIpc) is 2.85. The van der Waals surface area contributed by atoms with Crippen LogP contribution in [-0.2, 0) is 4.74 Å². The fourth-order valence-corrected chi connectivity index (χ4v) is 4.84. The highest BCUT2D eigenvalue weighted by Crippen LogP contribution is 2.24. The third kappa shape index (κ3) is 10.1. The van der Waals surface area contributed by atoms with Crippen molar-refractivity contribution in [3.8, 4) is 11.8 Å². The zero-order valence-corrected chi connectivity index (χ0v) is 22.0. The van der Waals surface area contributed by atoms with E-state index < -0.39 is 5.60 Å². The first-order valence-corrected chi connectivity index (χ1v) is 13.4. The van der Waals surface area contributed by atoms with Crippen LogP contribution in [0.3, 0.4) is 0 Å². The van der Waals surface area contributed by atoms with Crippen molar-refractivity contribution in [3.63, 3.8) is 0 Å². The van der Waals surface area contributed by atoms with Gasteiger partial charge < -0.3 is 24.2 Å². The van der Waals surface area contributed by atoms with Crippen LogP contribution >= 0.6 is 0 Å². The van der Waals surface area contributed by atoms with E-state index in [0.29, 0.717) is 12.2 Å². The van der Waals surface area contributed by atoms with Crippen LogP contribution in [0.15, 0.2) is 24.3 Å². The second-order valence-electron chi connectivity index (χ2n) is 10.9. The van der Waals surface area contributed by atoms with Gasteiger partial charge in [0.1, 0.15) is 11.4 Å². The average molecular weight is 485 g/mol. The van der Waals surface area contributed by atoms with E-state index in [2.05, 4.69) is 15.9 Å². The molecule has 2 fully saturated rings. The summed E-state index contributed by atoms with van der Waals surface area (Å²) >= 11 is 0. The molecule has 194 valence electrons. The van der Waals surface area contributed by atoms with E-state index in [1.54, 1.807) is 12.1 Å². The second-order valence-corrected chi connectivity index (χ2v) is 10.9. The van der Waals surface area contributed by atoms with Crippen molar-refractivity contribution in [3.05, 3.63) is 29.8 Å². The predicted molar refractivity (Wildman–Crippen MR) is 139 cm³/mol. The molecule has 0 saturated carbocycles. The number of piperazine rings is 1. The first-order chi connectivity index (χ1) is 16.8. The van der Waals surface area contributed by atoms with E-state index >= 15 is 0 Å². The van der Waals surface area contributed by atoms with E-state index in [4.69, 9.17) is 14.7 Å². The SMILES string of the molecule is CC(C)(C)OC(=O)N1CCC(CCCCN2CCN(CCCOc3ccc(C#N)cc3)CC2)CC1. The third-order valence-corrected chi connectivity index (χ3v) is 6.94. The summed E-state index contributed by atoms with van der Waals surface area (Å²) in [6, 6.07) is 9.45. The Labute approximate surface area is 212 Å². The van der Waals surface area contributed by atoms with Crippen molar-refractivity contribution in [2.24, 2.45) is 5.92 Å². The minimum absolute atomic E-state index is 0.158. The molecule has 35 heavy (non-hydrogen) atoms. The summed E-state index contributed by atoms with van der Waals surface area (Å²) in [5.41, 5.74) is 0.247. The third-order valence-electron chi connectivity index (χ3n) is 6.94. The van der Waals surface area contributed by atoms with Crippen molar-refractivity contribution >= 4 is 6.09 Å². The molecule has 1 aromatic rings. The van der Waals surface area contributed by atoms with E-state index in [1.165, 1.54) is 25.8 Å². The van der Waals surface area contributed by atoms with Gasteiger partial charge in [0.05, 0.1) is 18.2 Å². The van der Waals surface area contributed by atoms with Gasteiger partial charge in [0, 0.05) is 45.8 Å². The number of hydrogen-bond acceptors (Lipinski definition) is 6. The largest absolute Gasteiger partial charge is 0.494 e. The molecule has 0 aliphatic carbocycles. The van der Waals surface area contributed by atoms with Gasteiger partial charge in [-0.2, -0.15) is 5.26 Å². The summed E-state index contributed by atoms with van der Waals surface area (Å²) in [6.07, 6.45) is 6.90. The first-order valence-electron chi connectivity index (χ1n) is 13.4. The molecular formula is C28H44N4O3. The van der Waals surface area contributed by atoms with Crippen molar-refractivity contribution in [2.45, 2.75) is 64.9 Å². The molecule has 2 aliphatic rings. The number of carbonyl (C=O) groups is 1. The summed E-state index contributed by atoms with van der Waals surface area (Å²) in [4.78, 5) is 19.2. The van der Waals surface area contributed by atoms with Gasteiger partial charge in [0.2, 0.25) is 0 Å². The summed E-state index contributed by atoms with van der Waals surface area (Å²) in [6.45, 7) is 15.0. The highest BCUT2D eigenvalue weighted by molar-refractivity contribution is 5.68. The molecule has 2 heterocycles. The summed E-state index contributed by atoms with van der Waals surface area (Å²) in [7, 11) is 0. The first kappa shape index (κ1) is 27.3. The van der Waals surface area contributed by atoms with Gasteiger partial charge in [0.25, 0.3) is 0 Å². The zero-order valence-electron chi connectivity index (χ0n) is 22.0. The van der Waals surface area contributed by atoms with Crippen LogP contribution in [0, 0.1) is 17.2 Å². The van der Waals surface area contributed by atoms with Gasteiger partial charge in [-0.15, -0.1) is 0 Å². The zero-order chi connectivity index (χ0) is 25.1. The number of likely N-dealkylation sites (tertiary alicyclic amines) is 1. The fraction of sp³-hybridized carbons (Fsp3) is 0.714. The highest BCUT2D eigenvalue weighted by atomic mass is 16.6.